The molecule has 0 aliphatic carbocycles. The number of amides is 5. The second-order valence-electron chi connectivity index (χ2n) is 3.78. The molecular formula is C10H17N5O10. The molecule has 0 aromatic carbocycles. The molecule has 0 saturated heterocycles. The molecular weight excluding hydrogens is 350 g/mol. The number of methoxy groups -OCH3 is 1. The lowest BCUT2D eigenvalue weighted by Gasteiger charge is -2.22. The van der Waals surface area contributed by atoms with Gasteiger partial charge >= 0.3 is 30.5 Å². The molecule has 0 aromatic heterocycles. The van der Waals surface area contributed by atoms with E-state index in [1.807, 2.05) is 0 Å². The zero-order chi connectivity index (χ0) is 19.6. The van der Waals surface area contributed by atoms with Crippen LogP contribution < -0.4 is 11.2 Å². The van der Waals surface area contributed by atoms with E-state index >= 15 is 0 Å². The smallest absolute Gasteiger partial charge is 0.451 e. The summed E-state index contributed by atoms with van der Waals surface area (Å²) in [7, 11) is 3.11. The van der Waals surface area contributed by atoms with Crippen molar-refractivity contribution < 1.29 is 48.1 Å². The van der Waals surface area contributed by atoms with Crippen molar-refractivity contribution in [2.45, 2.75) is 6.92 Å². The average molecular weight is 367 g/mol. The number of nitrogens with two attached hydrogens (primary N) is 1. The van der Waals surface area contributed by atoms with Crippen LogP contribution in [-0.4, -0.2) is 73.4 Å². The van der Waals surface area contributed by atoms with Crippen molar-refractivity contribution in [2.75, 3.05) is 27.7 Å². The minimum Gasteiger partial charge on any atom is -0.451 e. The maximum atomic E-state index is 11.8. The summed E-state index contributed by atoms with van der Waals surface area (Å²) < 4.78 is 4.28. The van der Waals surface area contributed by atoms with E-state index in [9.17, 15) is 24.0 Å². The fourth-order valence-corrected chi connectivity index (χ4v) is 0.982. The molecule has 0 heterocycles. The van der Waals surface area contributed by atoms with Crippen molar-refractivity contribution >= 4 is 30.5 Å². The lowest BCUT2D eigenvalue weighted by atomic mass is 10.7. The monoisotopic (exact) mass is 367 g/mol. The van der Waals surface area contributed by atoms with Gasteiger partial charge in [0.05, 0.1) is 27.7 Å². The summed E-state index contributed by atoms with van der Waals surface area (Å²) in [5.41, 5.74) is 6.08. The molecule has 15 heteroatoms. The molecule has 0 aliphatic heterocycles. The second-order valence-corrected chi connectivity index (χ2v) is 3.78. The summed E-state index contributed by atoms with van der Waals surface area (Å²) in [5.74, 6) is 0. The first-order valence-corrected chi connectivity index (χ1v) is 6.33. The number of primary amides is 1. The summed E-state index contributed by atoms with van der Waals surface area (Å²) >= 11 is 0. The number of carbonyl (C=O) groups is 5. The molecule has 0 unspecified atom stereocenters. The molecule has 0 saturated carbocycles. The molecule has 0 aromatic rings. The average Bonchev–Trinajstić information content (AvgIpc) is 2.56. The van der Waals surface area contributed by atoms with Crippen molar-refractivity contribution in [1.82, 2.24) is 20.7 Å². The Morgan fingerprint density at radius 1 is 0.920 bits per heavy atom. The zero-order valence-electron chi connectivity index (χ0n) is 13.7. The number of hydrogen-bond acceptors (Lipinski definition) is 10. The predicted octanol–water partition coefficient (Wildman–Crippen LogP) is -0.307. The summed E-state index contributed by atoms with van der Waals surface area (Å²) in [6.07, 6.45) is -6.25. The normalized spacial score (nSPS) is 9.12. The molecule has 0 atom stereocenters. The van der Waals surface area contributed by atoms with Crippen molar-refractivity contribution in [1.29, 1.82) is 0 Å². The molecule has 0 rings (SSSR count). The van der Waals surface area contributed by atoms with Crippen LogP contribution in [0, 0.1) is 0 Å². The van der Waals surface area contributed by atoms with Crippen LogP contribution in [0.15, 0.2) is 0 Å². The molecule has 142 valence electrons. The maximum Gasteiger partial charge on any atom is 0.468 e. The van der Waals surface area contributed by atoms with Crippen molar-refractivity contribution in [2.24, 2.45) is 5.73 Å². The van der Waals surface area contributed by atoms with Gasteiger partial charge in [0.25, 0.3) is 0 Å². The summed E-state index contributed by atoms with van der Waals surface area (Å²) in [6.45, 7) is 1.20. The first kappa shape index (κ1) is 21.4. The zero-order valence-corrected chi connectivity index (χ0v) is 13.7. The maximum absolute atomic E-state index is 11.8. The third-order valence-electron chi connectivity index (χ3n) is 2.04. The first-order chi connectivity index (χ1) is 11.6. The lowest BCUT2D eigenvalue weighted by Crippen LogP contribution is -2.43. The largest absolute Gasteiger partial charge is 0.468 e. The fourth-order valence-electron chi connectivity index (χ4n) is 0.982. The Hall–Kier alpha value is -3.65. The highest BCUT2D eigenvalue weighted by molar-refractivity contribution is 5.75. The van der Waals surface area contributed by atoms with E-state index in [0.29, 0.717) is 15.2 Å². The van der Waals surface area contributed by atoms with Crippen LogP contribution in [0.1, 0.15) is 6.92 Å². The van der Waals surface area contributed by atoms with Gasteiger partial charge in [0.1, 0.15) is 0 Å². The van der Waals surface area contributed by atoms with Gasteiger partial charge in [-0.1, -0.05) is 0 Å². The Bertz CT molecular complexity index is 526. The number of nitrogens with zero attached hydrogens (tertiary/aromatic N) is 3. The Morgan fingerprint density at radius 3 is 1.92 bits per heavy atom. The van der Waals surface area contributed by atoms with Crippen LogP contribution in [0.5, 0.6) is 0 Å². The van der Waals surface area contributed by atoms with Crippen LogP contribution in [0.3, 0.4) is 0 Å². The molecule has 0 spiro atoms. The number of rotatable bonds is 1. The SMILES string of the molecule is CCN(OC(=O)NOC(N)=O)C(=O)ON(C)C(=O)ON(C)C(=O)OC. The van der Waals surface area contributed by atoms with E-state index in [0.717, 1.165) is 21.2 Å². The van der Waals surface area contributed by atoms with Crippen LogP contribution in [0.2, 0.25) is 0 Å². The van der Waals surface area contributed by atoms with Gasteiger partial charge in [0, 0.05) is 0 Å². The summed E-state index contributed by atoms with van der Waals surface area (Å²) in [5, 5.41) is 1.12. The molecule has 25 heavy (non-hydrogen) atoms. The van der Waals surface area contributed by atoms with Gasteiger partial charge in [-0.15, -0.1) is 20.7 Å². The van der Waals surface area contributed by atoms with E-state index in [2.05, 4.69) is 29.8 Å². The van der Waals surface area contributed by atoms with Crippen LogP contribution >= 0.6 is 0 Å². The van der Waals surface area contributed by atoms with Crippen LogP contribution in [0.25, 0.3) is 0 Å². The van der Waals surface area contributed by atoms with Gasteiger partial charge < -0.3 is 29.8 Å². The highest BCUT2D eigenvalue weighted by atomic mass is 16.8. The van der Waals surface area contributed by atoms with E-state index in [1.165, 1.54) is 12.4 Å². The number of hydroxylamine groups is 7. The number of hydrogen-bond donors (Lipinski definition) is 2. The van der Waals surface area contributed by atoms with Gasteiger partial charge in [-0.25, -0.2) is 24.0 Å². The molecule has 5 amide bonds. The number of carbonyl (C=O) groups excluding carboxylic acids is 5. The van der Waals surface area contributed by atoms with Crippen LogP contribution in [0.4, 0.5) is 24.0 Å². The van der Waals surface area contributed by atoms with E-state index in [1.54, 1.807) is 0 Å². The van der Waals surface area contributed by atoms with E-state index in [-0.39, 0.29) is 6.54 Å². The molecule has 0 radical (unpaired) electrons. The van der Waals surface area contributed by atoms with Crippen molar-refractivity contribution in [3.8, 4) is 0 Å². The number of nitrogens with one attached hydrogen (secondary N) is 1. The van der Waals surface area contributed by atoms with Gasteiger partial charge in [0.2, 0.25) is 0 Å². The lowest BCUT2D eigenvalue weighted by molar-refractivity contribution is -0.156. The topological polar surface area (TPSA) is 179 Å². The highest BCUT2D eigenvalue weighted by Gasteiger charge is 2.26. The quantitative estimate of drug-likeness (QED) is 0.584. The Balaban J connectivity index is 4.55. The van der Waals surface area contributed by atoms with E-state index < -0.39 is 30.5 Å². The molecule has 0 fully saturated rings. The Kier molecular flexibility index (Phi) is 8.70. The predicted molar refractivity (Wildman–Crippen MR) is 73.6 cm³/mol. The van der Waals surface area contributed by atoms with Gasteiger partial charge in [-0.05, 0) is 6.92 Å². The standard InChI is InChI=1S/C10H17N5O10/c1-5-15(23-7(17)12-22-6(11)16)10(20)25-14(3)9(19)24-13(2)8(18)21-4/h5H2,1-4H3,(H2,11,16)(H,12,17). The van der Waals surface area contributed by atoms with E-state index in [4.69, 9.17) is 0 Å². The van der Waals surface area contributed by atoms with Crippen LogP contribution in [-0.2, 0) is 24.1 Å². The Morgan fingerprint density at radius 2 is 1.44 bits per heavy atom. The second kappa shape index (κ2) is 10.2. The molecule has 0 aliphatic rings. The number of ether oxygens (including phenoxy) is 1. The van der Waals surface area contributed by atoms with Gasteiger partial charge in [-0.2, -0.15) is 0 Å². The minimum atomic E-state index is -1.37. The summed E-state index contributed by atoms with van der Waals surface area (Å²) in [6, 6.07) is 0. The molecule has 3 N–H and O–H groups in total. The fraction of sp³-hybridized carbons (Fsp3) is 0.500. The summed E-state index contributed by atoms with van der Waals surface area (Å²) in [4.78, 5) is 73.3. The minimum absolute atomic E-state index is 0.201. The van der Waals surface area contributed by atoms with Crippen molar-refractivity contribution in [3.63, 3.8) is 0 Å². The van der Waals surface area contributed by atoms with Gasteiger partial charge in [-0.3, -0.25) is 0 Å². The third kappa shape index (κ3) is 7.95. The Labute approximate surface area is 140 Å². The first-order valence-electron chi connectivity index (χ1n) is 6.33. The molecule has 15 nitrogen and oxygen atoms in total. The van der Waals surface area contributed by atoms with Gasteiger partial charge in [0.15, 0.2) is 0 Å². The highest BCUT2D eigenvalue weighted by Crippen LogP contribution is 2.02. The molecule has 0 bridgehead atoms. The van der Waals surface area contributed by atoms with Crippen molar-refractivity contribution in [3.05, 3.63) is 0 Å². The third-order valence-corrected chi connectivity index (χ3v) is 2.04.